The minimum absolute atomic E-state index is 0.273. The van der Waals surface area contributed by atoms with E-state index in [2.05, 4.69) is 35.0 Å². The molecule has 0 aliphatic carbocycles. The van der Waals surface area contributed by atoms with Crippen LogP contribution < -0.4 is 4.90 Å². The first-order valence-corrected chi connectivity index (χ1v) is 7.18. The molecule has 0 aliphatic heterocycles. The Balaban J connectivity index is 2.44. The lowest BCUT2D eigenvalue weighted by Gasteiger charge is -2.22. The Kier molecular flexibility index (Phi) is 4.45. The van der Waals surface area contributed by atoms with E-state index in [0.717, 1.165) is 12.1 Å². The Morgan fingerprint density at radius 3 is 2.40 bits per heavy atom. The fourth-order valence-corrected chi connectivity index (χ4v) is 2.62. The van der Waals surface area contributed by atoms with Gasteiger partial charge in [-0.15, -0.1) is 0 Å². The van der Waals surface area contributed by atoms with Crippen LogP contribution in [0.1, 0.15) is 22.8 Å². The van der Waals surface area contributed by atoms with Crippen LogP contribution in [0.4, 0.5) is 11.4 Å². The first-order chi connectivity index (χ1) is 9.54. The molecule has 0 saturated heterocycles. The van der Waals surface area contributed by atoms with Gasteiger partial charge in [-0.1, -0.05) is 25.1 Å². The topological polar surface area (TPSA) is 40.5 Å². The number of rotatable bonds is 4. The van der Waals surface area contributed by atoms with E-state index in [-0.39, 0.29) is 5.56 Å². The van der Waals surface area contributed by atoms with E-state index in [1.54, 1.807) is 6.07 Å². The van der Waals surface area contributed by atoms with E-state index in [1.165, 1.54) is 5.56 Å². The molecule has 0 bridgehead atoms. The molecule has 0 atom stereocenters. The lowest BCUT2D eigenvalue weighted by Crippen LogP contribution is -2.14. The van der Waals surface area contributed by atoms with Crippen LogP contribution in [0.25, 0.3) is 0 Å². The van der Waals surface area contributed by atoms with Crippen molar-refractivity contribution in [2.45, 2.75) is 13.3 Å². The Hall–Kier alpha value is -1.81. The highest BCUT2D eigenvalue weighted by Gasteiger charge is 2.17. The van der Waals surface area contributed by atoms with Crippen molar-refractivity contribution < 1.29 is 9.90 Å². The molecular weight excluding hydrogens is 318 g/mol. The van der Waals surface area contributed by atoms with E-state index >= 15 is 0 Å². The number of benzene rings is 2. The number of anilines is 2. The van der Waals surface area contributed by atoms with Gasteiger partial charge in [0.25, 0.3) is 0 Å². The summed E-state index contributed by atoms with van der Waals surface area (Å²) < 4.78 is 0.583. The molecule has 0 unspecified atom stereocenters. The number of hydrogen-bond donors (Lipinski definition) is 1. The molecular formula is C16H16BrNO2. The maximum atomic E-state index is 11.4. The number of carbonyl (C=O) groups is 1. The van der Waals surface area contributed by atoms with Crippen molar-refractivity contribution in [3.05, 3.63) is 58.1 Å². The number of carboxylic acids is 1. The molecule has 0 saturated carbocycles. The van der Waals surface area contributed by atoms with Crippen molar-refractivity contribution in [2.75, 3.05) is 11.9 Å². The molecule has 0 amide bonds. The van der Waals surface area contributed by atoms with Gasteiger partial charge in [0, 0.05) is 17.2 Å². The van der Waals surface area contributed by atoms with Crippen molar-refractivity contribution in [1.82, 2.24) is 0 Å². The largest absolute Gasteiger partial charge is 0.478 e. The molecule has 0 radical (unpaired) electrons. The summed E-state index contributed by atoms with van der Waals surface area (Å²) in [5.74, 6) is -0.940. The Bertz CT molecular complexity index is 623. The third-order valence-corrected chi connectivity index (χ3v) is 3.96. The minimum Gasteiger partial charge on any atom is -0.478 e. The number of aryl methyl sites for hydroxylation is 1. The van der Waals surface area contributed by atoms with Crippen molar-refractivity contribution in [3.63, 3.8) is 0 Å². The summed E-state index contributed by atoms with van der Waals surface area (Å²) in [6, 6.07) is 13.5. The van der Waals surface area contributed by atoms with Crippen LogP contribution in [0.15, 0.2) is 46.9 Å². The standard InChI is InChI=1S/C16H16BrNO2/c1-3-11-7-9-12(10-8-11)18(2)14-6-4-5-13(17)15(14)16(19)20/h4-10H,3H2,1-2H3,(H,19,20). The van der Waals surface area contributed by atoms with Crippen molar-refractivity contribution in [1.29, 1.82) is 0 Å². The number of hydrogen-bond acceptors (Lipinski definition) is 2. The fraction of sp³-hybridized carbons (Fsp3) is 0.188. The molecule has 0 spiro atoms. The number of nitrogens with zero attached hydrogens (tertiary/aromatic N) is 1. The number of halogens is 1. The van der Waals surface area contributed by atoms with E-state index in [1.807, 2.05) is 36.2 Å². The molecule has 2 aromatic carbocycles. The number of aromatic carboxylic acids is 1. The smallest absolute Gasteiger partial charge is 0.338 e. The second-order valence-corrected chi connectivity index (χ2v) is 5.37. The predicted octanol–water partition coefficient (Wildman–Crippen LogP) is 4.48. The Morgan fingerprint density at radius 2 is 1.85 bits per heavy atom. The van der Waals surface area contributed by atoms with Gasteiger partial charge in [0.1, 0.15) is 0 Å². The van der Waals surface area contributed by atoms with Crippen molar-refractivity contribution in [2.24, 2.45) is 0 Å². The molecule has 0 fully saturated rings. The van der Waals surface area contributed by atoms with Crippen molar-refractivity contribution >= 4 is 33.3 Å². The number of carboxylic acid groups (broad SMARTS) is 1. The van der Waals surface area contributed by atoms with Gasteiger partial charge >= 0.3 is 5.97 Å². The van der Waals surface area contributed by atoms with Crippen LogP contribution in [0.2, 0.25) is 0 Å². The van der Waals surface area contributed by atoms with Gasteiger partial charge in [-0.25, -0.2) is 4.79 Å². The molecule has 0 heterocycles. The average molecular weight is 334 g/mol. The summed E-state index contributed by atoms with van der Waals surface area (Å²) in [6.45, 7) is 2.11. The van der Waals surface area contributed by atoms with Crippen LogP contribution >= 0.6 is 15.9 Å². The molecule has 1 N–H and O–H groups in total. The van der Waals surface area contributed by atoms with E-state index < -0.39 is 5.97 Å². The molecule has 0 aromatic heterocycles. The van der Waals surface area contributed by atoms with Crippen LogP contribution in [-0.2, 0) is 6.42 Å². The zero-order chi connectivity index (χ0) is 14.7. The summed E-state index contributed by atoms with van der Waals surface area (Å²) >= 11 is 3.30. The van der Waals surface area contributed by atoms with Gasteiger partial charge in [0.05, 0.1) is 11.3 Å². The van der Waals surface area contributed by atoms with E-state index in [0.29, 0.717) is 10.2 Å². The lowest BCUT2D eigenvalue weighted by molar-refractivity contribution is 0.0696. The van der Waals surface area contributed by atoms with Crippen LogP contribution in [0.5, 0.6) is 0 Å². The lowest BCUT2D eigenvalue weighted by atomic mass is 10.1. The monoisotopic (exact) mass is 333 g/mol. The highest BCUT2D eigenvalue weighted by molar-refractivity contribution is 9.10. The maximum Gasteiger partial charge on any atom is 0.338 e. The van der Waals surface area contributed by atoms with E-state index in [4.69, 9.17) is 0 Å². The Labute approximate surface area is 127 Å². The van der Waals surface area contributed by atoms with Gasteiger partial charge in [0.2, 0.25) is 0 Å². The van der Waals surface area contributed by atoms with Crippen LogP contribution in [-0.4, -0.2) is 18.1 Å². The zero-order valence-corrected chi connectivity index (χ0v) is 13.0. The third-order valence-electron chi connectivity index (χ3n) is 3.30. The quantitative estimate of drug-likeness (QED) is 0.896. The first-order valence-electron chi connectivity index (χ1n) is 6.39. The molecule has 2 rings (SSSR count). The summed E-state index contributed by atoms with van der Waals surface area (Å²) in [5.41, 5.74) is 3.16. The summed E-state index contributed by atoms with van der Waals surface area (Å²) in [7, 11) is 1.87. The first kappa shape index (κ1) is 14.6. The van der Waals surface area contributed by atoms with Gasteiger partial charge in [-0.2, -0.15) is 0 Å². The average Bonchev–Trinajstić information content (AvgIpc) is 2.46. The zero-order valence-electron chi connectivity index (χ0n) is 11.4. The second-order valence-electron chi connectivity index (χ2n) is 4.52. The SMILES string of the molecule is CCc1ccc(N(C)c2cccc(Br)c2C(=O)O)cc1. The second kappa shape index (κ2) is 6.09. The molecule has 104 valence electrons. The highest BCUT2D eigenvalue weighted by atomic mass is 79.9. The van der Waals surface area contributed by atoms with Gasteiger partial charge in [-0.05, 0) is 52.2 Å². The summed E-state index contributed by atoms with van der Waals surface area (Å²) in [4.78, 5) is 13.3. The van der Waals surface area contributed by atoms with Crippen LogP contribution in [0, 0.1) is 0 Å². The highest BCUT2D eigenvalue weighted by Crippen LogP contribution is 2.31. The Morgan fingerprint density at radius 1 is 1.20 bits per heavy atom. The molecule has 3 nitrogen and oxygen atoms in total. The molecule has 20 heavy (non-hydrogen) atoms. The van der Waals surface area contributed by atoms with Crippen molar-refractivity contribution in [3.8, 4) is 0 Å². The molecule has 2 aromatic rings. The maximum absolute atomic E-state index is 11.4. The van der Waals surface area contributed by atoms with Crippen LogP contribution in [0.3, 0.4) is 0 Å². The fourth-order valence-electron chi connectivity index (χ4n) is 2.10. The summed E-state index contributed by atoms with van der Waals surface area (Å²) in [6.07, 6.45) is 0.987. The molecule has 0 aliphatic rings. The van der Waals surface area contributed by atoms with E-state index in [9.17, 15) is 9.90 Å². The summed E-state index contributed by atoms with van der Waals surface area (Å²) in [5, 5.41) is 9.37. The van der Waals surface area contributed by atoms with Gasteiger partial charge in [0.15, 0.2) is 0 Å². The minimum atomic E-state index is -0.940. The normalized spacial score (nSPS) is 10.3. The van der Waals surface area contributed by atoms with Gasteiger partial charge < -0.3 is 10.0 Å². The third kappa shape index (κ3) is 2.85. The van der Waals surface area contributed by atoms with Gasteiger partial charge in [-0.3, -0.25) is 0 Å². The molecule has 4 heteroatoms. The predicted molar refractivity (Wildman–Crippen MR) is 85.0 cm³/mol.